The molecular weight excluding hydrogens is 236 g/mol. The van der Waals surface area contributed by atoms with E-state index in [-0.39, 0.29) is 6.10 Å². The fourth-order valence-corrected chi connectivity index (χ4v) is 2.66. The summed E-state index contributed by atoms with van der Waals surface area (Å²) in [5, 5.41) is 7.15. The molecular formula is C16H24N2O. The minimum atomic E-state index is 0.216. The van der Waals surface area contributed by atoms with E-state index in [4.69, 9.17) is 4.74 Å². The molecule has 0 radical (unpaired) electrons. The molecule has 2 N–H and O–H groups in total. The van der Waals surface area contributed by atoms with Crippen molar-refractivity contribution in [2.75, 3.05) is 19.7 Å². The van der Waals surface area contributed by atoms with Crippen LogP contribution >= 0.6 is 0 Å². The average molecular weight is 260 g/mol. The standard InChI is InChI=1S/C16H24N2O/c1-12(10-18-14-6-7-14)17-11-16-15-5-3-2-4-13(15)8-9-19-16/h2-5,12,14,16-18H,6-11H2,1H3. The van der Waals surface area contributed by atoms with E-state index in [9.17, 15) is 0 Å². The first-order chi connectivity index (χ1) is 9.33. The van der Waals surface area contributed by atoms with Crippen molar-refractivity contribution >= 4 is 0 Å². The second-order valence-electron chi connectivity index (χ2n) is 5.80. The van der Waals surface area contributed by atoms with Crippen LogP contribution in [0.15, 0.2) is 24.3 Å². The molecule has 1 aromatic rings. The summed E-state index contributed by atoms with van der Waals surface area (Å²) in [6.07, 6.45) is 3.97. The maximum absolute atomic E-state index is 5.91. The number of hydrogen-bond donors (Lipinski definition) is 2. The van der Waals surface area contributed by atoms with Crippen molar-refractivity contribution in [3.63, 3.8) is 0 Å². The number of nitrogens with one attached hydrogen (secondary N) is 2. The zero-order valence-corrected chi connectivity index (χ0v) is 11.7. The Morgan fingerprint density at radius 1 is 1.32 bits per heavy atom. The Hall–Kier alpha value is -0.900. The molecule has 2 atom stereocenters. The number of fused-ring (bicyclic) bond motifs is 1. The topological polar surface area (TPSA) is 33.3 Å². The van der Waals surface area contributed by atoms with Crippen molar-refractivity contribution in [3.8, 4) is 0 Å². The summed E-state index contributed by atoms with van der Waals surface area (Å²) in [6, 6.07) is 9.95. The molecule has 2 unspecified atom stereocenters. The van der Waals surface area contributed by atoms with Gasteiger partial charge in [0.05, 0.1) is 12.7 Å². The van der Waals surface area contributed by atoms with Gasteiger partial charge in [-0.15, -0.1) is 0 Å². The lowest BCUT2D eigenvalue weighted by atomic mass is 9.97. The third-order valence-electron chi connectivity index (χ3n) is 4.03. The van der Waals surface area contributed by atoms with Crippen LogP contribution in [0.5, 0.6) is 0 Å². The van der Waals surface area contributed by atoms with Crippen molar-refractivity contribution in [1.29, 1.82) is 0 Å². The van der Waals surface area contributed by atoms with Gasteiger partial charge in [-0.2, -0.15) is 0 Å². The number of benzene rings is 1. The van der Waals surface area contributed by atoms with Gasteiger partial charge in [-0.25, -0.2) is 0 Å². The zero-order valence-electron chi connectivity index (χ0n) is 11.7. The molecule has 19 heavy (non-hydrogen) atoms. The van der Waals surface area contributed by atoms with Crippen LogP contribution in [0, 0.1) is 0 Å². The Morgan fingerprint density at radius 2 is 2.16 bits per heavy atom. The van der Waals surface area contributed by atoms with Crippen LogP contribution in [0.3, 0.4) is 0 Å². The number of ether oxygens (including phenoxy) is 1. The first-order valence-corrected chi connectivity index (χ1v) is 7.49. The van der Waals surface area contributed by atoms with E-state index in [1.807, 2.05) is 0 Å². The van der Waals surface area contributed by atoms with E-state index in [1.165, 1.54) is 24.0 Å². The van der Waals surface area contributed by atoms with Gasteiger partial charge in [-0.1, -0.05) is 24.3 Å². The Labute approximate surface area is 115 Å². The molecule has 1 fully saturated rings. The molecule has 3 nitrogen and oxygen atoms in total. The van der Waals surface area contributed by atoms with Crippen molar-refractivity contribution < 1.29 is 4.74 Å². The summed E-state index contributed by atoms with van der Waals surface area (Å²) in [6.45, 7) is 5.05. The average Bonchev–Trinajstić information content (AvgIpc) is 3.27. The minimum Gasteiger partial charge on any atom is -0.372 e. The SMILES string of the molecule is CC(CNC1CC1)NCC1OCCc2ccccc21. The third-order valence-corrected chi connectivity index (χ3v) is 4.03. The summed E-state index contributed by atoms with van der Waals surface area (Å²) in [5.41, 5.74) is 2.81. The maximum atomic E-state index is 5.91. The lowest BCUT2D eigenvalue weighted by Gasteiger charge is -2.27. The third kappa shape index (κ3) is 3.56. The second kappa shape index (κ2) is 6.04. The molecule has 2 aliphatic rings. The van der Waals surface area contributed by atoms with E-state index in [1.54, 1.807) is 0 Å². The van der Waals surface area contributed by atoms with E-state index in [0.717, 1.165) is 32.2 Å². The number of hydrogen-bond acceptors (Lipinski definition) is 3. The molecule has 1 aliphatic carbocycles. The van der Waals surface area contributed by atoms with Crippen molar-refractivity contribution in [3.05, 3.63) is 35.4 Å². The van der Waals surface area contributed by atoms with Crippen LogP contribution in [0.4, 0.5) is 0 Å². The van der Waals surface area contributed by atoms with Crippen molar-refractivity contribution in [2.45, 2.75) is 44.4 Å². The molecule has 0 spiro atoms. The van der Waals surface area contributed by atoms with Gasteiger partial charge in [0, 0.05) is 25.2 Å². The molecule has 0 aromatic heterocycles. The molecule has 0 amide bonds. The molecule has 1 heterocycles. The molecule has 1 aliphatic heterocycles. The molecule has 1 aromatic carbocycles. The Morgan fingerprint density at radius 3 is 3.00 bits per heavy atom. The molecule has 3 heteroatoms. The van der Waals surface area contributed by atoms with Crippen molar-refractivity contribution in [2.24, 2.45) is 0 Å². The van der Waals surface area contributed by atoms with Gasteiger partial charge in [0.2, 0.25) is 0 Å². The lowest BCUT2D eigenvalue weighted by Crippen LogP contribution is -2.40. The van der Waals surface area contributed by atoms with Crippen LogP contribution < -0.4 is 10.6 Å². The minimum absolute atomic E-state index is 0.216. The summed E-state index contributed by atoms with van der Waals surface area (Å²) in [5.74, 6) is 0. The predicted molar refractivity (Wildman–Crippen MR) is 77.3 cm³/mol. The van der Waals surface area contributed by atoms with Gasteiger partial charge in [0.15, 0.2) is 0 Å². The highest BCUT2D eigenvalue weighted by molar-refractivity contribution is 5.31. The fraction of sp³-hybridized carbons (Fsp3) is 0.625. The van der Waals surface area contributed by atoms with Gasteiger partial charge >= 0.3 is 0 Å². The number of rotatable bonds is 6. The zero-order chi connectivity index (χ0) is 13.1. The van der Waals surface area contributed by atoms with Crippen LogP contribution in [-0.4, -0.2) is 31.8 Å². The Bertz CT molecular complexity index is 417. The summed E-state index contributed by atoms with van der Waals surface area (Å²) >= 11 is 0. The molecule has 3 rings (SSSR count). The molecule has 104 valence electrons. The van der Waals surface area contributed by atoms with Crippen LogP contribution in [0.2, 0.25) is 0 Å². The maximum Gasteiger partial charge on any atom is 0.0952 e. The fourth-order valence-electron chi connectivity index (χ4n) is 2.66. The van der Waals surface area contributed by atoms with Gasteiger partial charge < -0.3 is 15.4 Å². The lowest BCUT2D eigenvalue weighted by molar-refractivity contribution is 0.0410. The van der Waals surface area contributed by atoms with E-state index in [0.29, 0.717) is 6.04 Å². The largest absolute Gasteiger partial charge is 0.372 e. The van der Waals surface area contributed by atoms with Gasteiger partial charge in [0.25, 0.3) is 0 Å². The Kier molecular flexibility index (Phi) is 4.16. The summed E-state index contributed by atoms with van der Waals surface area (Å²) < 4.78 is 5.91. The van der Waals surface area contributed by atoms with E-state index < -0.39 is 0 Å². The Balaban J connectivity index is 1.49. The predicted octanol–water partition coefficient (Wildman–Crippen LogP) is 2.03. The van der Waals surface area contributed by atoms with Crippen LogP contribution in [0.1, 0.15) is 37.0 Å². The van der Waals surface area contributed by atoms with Crippen molar-refractivity contribution in [1.82, 2.24) is 10.6 Å². The molecule has 0 saturated heterocycles. The van der Waals surface area contributed by atoms with Crippen LogP contribution in [0.25, 0.3) is 0 Å². The molecule has 0 bridgehead atoms. The first-order valence-electron chi connectivity index (χ1n) is 7.49. The monoisotopic (exact) mass is 260 g/mol. The van der Waals surface area contributed by atoms with E-state index in [2.05, 4.69) is 41.8 Å². The van der Waals surface area contributed by atoms with Gasteiger partial charge in [-0.3, -0.25) is 0 Å². The first kappa shape index (κ1) is 13.1. The second-order valence-corrected chi connectivity index (χ2v) is 5.80. The smallest absolute Gasteiger partial charge is 0.0952 e. The highest BCUT2D eigenvalue weighted by atomic mass is 16.5. The van der Waals surface area contributed by atoms with E-state index >= 15 is 0 Å². The van der Waals surface area contributed by atoms with Gasteiger partial charge in [0.1, 0.15) is 0 Å². The quantitative estimate of drug-likeness (QED) is 0.821. The molecule has 1 saturated carbocycles. The van der Waals surface area contributed by atoms with Crippen LogP contribution in [-0.2, 0) is 11.2 Å². The summed E-state index contributed by atoms with van der Waals surface area (Å²) in [7, 11) is 0. The normalized spacial score (nSPS) is 23.9. The highest BCUT2D eigenvalue weighted by Crippen LogP contribution is 2.26. The van der Waals surface area contributed by atoms with Gasteiger partial charge in [-0.05, 0) is 37.3 Å². The summed E-state index contributed by atoms with van der Waals surface area (Å²) in [4.78, 5) is 0. The highest BCUT2D eigenvalue weighted by Gasteiger charge is 2.22.